The molecule has 2 N–H and O–H groups in total. The minimum atomic E-state index is 0.0533. The molecule has 0 aromatic heterocycles. The lowest BCUT2D eigenvalue weighted by molar-refractivity contribution is 0.365. The summed E-state index contributed by atoms with van der Waals surface area (Å²) in [6, 6.07) is 5.91. The maximum Gasteiger partial charge on any atom is 0.0595 e. The van der Waals surface area contributed by atoms with Crippen LogP contribution in [0.4, 0.5) is 0 Å². The van der Waals surface area contributed by atoms with Crippen LogP contribution < -0.4 is 5.73 Å². The van der Waals surface area contributed by atoms with Gasteiger partial charge < -0.3 is 5.73 Å². The van der Waals surface area contributed by atoms with E-state index in [2.05, 4.69) is 19.9 Å². The van der Waals surface area contributed by atoms with E-state index in [1.807, 2.05) is 12.1 Å². The molecule has 1 aromatic rings. The molecule has 96 valence electrons. The van der Waals surface area contributed by atoms with Crippen LogP contribution in [0.1, 0.15) is 45.1 Å². The van der Waals surface area contributed by atoms with E-state index >= 15 is 0 Å². The largest absolute Gasteiger partial charge is 0.330 e. The van der Waals surface area contributed by atoms with Gasteiger partial charge in [-0.3, -0.25) is 0 Å². The van der Waals surface area contributed by atoms with Gasteiger partial charge >= 0.3 is 0 Å². The second kappa shape index (κ2) is 6.63. The molecular weight excluding hydrogens is 253 g/mol. The van der Waals surface area contributed by atoms with E-state index in [0.717, 1.165) is 25.7 Å². The lowest BCUT2D eigenvalue weighted by Gasteiger charge is -2.33. The van der Waals surface area contributed by atoms with Crippen LogP contribution >= 0.6 is 23.2 Å². The number of halogens is 2. The van der Waals surface area contributed by atoms with Gasteiger partial charge in [0.1, 0.15) is 0 Å². The molecule has 0 atom stereocenters. The minimum Gasteiger partial charge on any atom is -0.330 e. The quantitative estimate of drug-likeness (QED) is 0.793. The Hall–Kier alpha value is -0.240. The summed E-state index contributed by atoms with van der Waals surface area (Å²) < 4.78 is 0. The molecule has 0 unspecified atom stereocenters. The van der Waals surface area contributed by atoms with Crippen molar-refractivity contribution in [3.63, 3.8) is 0 Å². The van der Waals surface area contributed by atoms with E-state index in [0.29, 0.717) is 16.6 Å². The van der Waals surface area contributed by atoms with Gasteiger partial charge in [-0.1, -0.05) is 56.0 Å². The summed E-state index contributed by atoms with van der Waals surface area (Å²) in [5.74, 6) is 0. The zero-order valence-corrected chi connectivity index (χ0v) is 12.1. The molecule has 1 rings (SSSR count). The molecule has 0 spiro atoms. The second-order valence-electron chi connectivity index (χ2n) is 4.61. The maximum absolute atomic E-state index is 6.10. The summed E-state index contributed by atoms with van der Waals surface area (Å²) in [7, 11) is 0. The third kappa shape index (κ3) is 3.37. The fraction of sp³-hybridized carbons (Fsp3) is 0.571. The molecule has 0 aliphatic heterocycles. The number of benzene rings is 1. The van der Waals surface area contributed by atoms with Crippen molar-refractivity contribution in [2.45, 2.75) is 44.9 Å². The van der Waals surface area contributed by atoms with Gasteiger partial charge in [-0.2, -0.15) is 0 Å². The Morgan fingerprint density at radius 1 is 1.06 bits per heavy atom. The van der Waals surface area contributed by atoms with Crippen LogP contribution in [0, 0.1) is 0 Å². The first-order valence-corrected chi connectivity index (χ1v) is 7.01. The maximum atomic E-state index is 6.10. The molecule has 0 saturated carbocycles. The highest BCUT2D eigenvalue weighted by Gasteiger charge is 2.29. The third-order valence-corrected chi connectivity index (χ3v) is 4.12. The van der Waals surface area contributed by atoms with Gasteiger partial charge in [0.2, 0.25) is 0 Å². The van der Waals surface area contributed by atoms with Crippen LogP contribution in [-0.4, -0.2) is 6.54 Å². The topological polar surface area (TPSA) is 26.0 Å². The molecule has 0 heterocycles. The SMILES string of the molecule is CCCC(CN)(CCC)c1ccc(Cl)c(Cl)c1. The van der Waals surface area contributed by atoms with Gasteiger partial charge in [0, 0.05) is 12.0 Å². The zero-order chi connectivity index (χ0) is 12.9. The average Bonchev–Trinajstić information content (AvgIpc) is 2.32. The smallest absolute Gasteiger partial charge is 0.0595 e. The van der Waals surface area contributed by atoms with Gasteiger partial charge in [-0.25, -0.2) is 0 Å². The van der Waals surface area contributed by atoms with Crippen molar-refractivity contribution >= 4 is 23.2 Å². The Bertz CT molecular complexity index is 357. The number of nitrogens with two attached hydrogens (primary N) is 1. The van der Waals surface area contributed by atoms with Gasteiger partial charge in [-0.15, -0.1) is 0 Å². The molecule has 0 radical (unpaired) electrons. The normalized spacial score (nSPS) is 11.8. The van der Waals surface area contributed by atoms with Gasteiger partial charge in [0.15, 0.2) is 0 Å². The summed E-state index contributed by atoms with van der Waals surface area (Å²) in [4.78, 5) is 0. The van der Waals surface area contributed by atoms with Crippen molar-refractivity contribution in [3.05, 3.63) is 33.8 Å². The van der Waals surface area contributed by atoms with Crippen LogP contribution in [0.3, 0.4) is 0 Å². The van der Waals surface area contributed by atoms with Crippen molar-refractivity contribution in [1.29, 1.82) is 0 Å². The highest BCUT2D eigenvalue weighted by atomic mass is 35.5. The molecular formula is C14H21Cl2N. The Labute approximate surface area is 114 Å². The number of hydrogen-bond donors (Lipinski definition) is 1. The van der Waals surface area contributed by atoms with E-state index in [9.17, 15) is 0 Å². The summed E-state index contributed by atoms with van der Waals surface area (Å²) in [6.45, 7) is 5.04. The molecule has 0 fully saturated rings. The summed E-state index contributed by atoms with van der Waals surface area (Å²) in [5, 5.41) is 1.23. The van der Waals surface area contributed by atoms with Gasteiger partial charge in [0.05, 0.1) is 10.0 Å². The molecule has 3 heteroatoms. The summed E-state index contributed by atoms with van der Waals surface area (Å²) in [6.07, 6.45) is 4.43. The predicted molar refractivity (Wildman–Crippen MR) is 77.0 cm³/mol. The zero-order valence-electron chi connectivity index (χ0n) is 10.6. The Balaban J connectivity index is 3.14. The fourth-order valence-corrected chi connectivity index (χ4v) is 2.82. The minimum absolute atomic E-state index is 0.0533. The Morgan fingerprint density at radius 3 is 2.06 bits per heavy atom. The summed E-state index contributed by atoms with van der Waals surface area (Å²) >= 11 is 12.1. The van der Waals surface area contributed by atoms with Crippen molar-refractivity contribution in [3.8, 4) is 0 Å². The molecule has 0 aliphatic rings. The van der Waals surface area contributed by atoms with E-state index in [-0.39, 0.29) is 5.41 Å². The number of hydrogen-bond acceptors (Lipinski definition) is 1. The standard InChI is InChI=1S/C14H21Cl2N/c1-3-7-14(10-17,8-4-2)11-5-6-12(15)13(16)9-11/h5-6,9H,3-4,7-8,10,17H2,1-2H3. The monoisotopic (exact) mass is 273 g/mol. The molecule has 17 heavy (non-hydrogen) atoms. The van der Waals surface area contributed by atoms with E-state index in [1.165, 1.54) is 5.56 Å². The average molecular weight is 274 g/mol. The van der Waals surface area contributed by atoms with Crippen molar-refractivity contribution in [1.82, 2.24) is 0 Å². The van der Waals surface area contributed by atoms with Crippen LogP contribution in [0.15, 0.2) is 18.2 Å². The second-order valence-corrected chi connectivity index (χ2v) is 5.43. The third-order valence-electron chi connectivity index (χ3n) is 3.38. The Morgan fingerprint density at radius 2 is 1.65 bits per heavy atom. The molecule has 0 aliphatic carbocycles. The van der Waals surface area contributed by atoms with Gasteiger partial charge in [0.25, 0.3) is 0 Å². The molecule has 0 bridgehead atoms. The molecule has 1 nitrogen and oxygen atoms in total. The van der Waals surface area contributed by atoms with Crippen LogP contribution in [0.2, 0.25) is 10.0 Å². The van der Waals surface area contributed by atoms with E-state index in [1.54, 1.807) is 0 Å². The Kier molecular flexibility index (Phi) is 5.78. The lowest BCUT2D eigenvalue weighted by Crippen LogP contribution is -2.35. The fourth-order valence-electron chi connectivity index (χ4n) is 2.52. The lowest BCUT2D eigenvalue weighted by atomic mass is 9.73. The predicted octanol–water partition coefficient (Wildman–Crippen LogP) is 4.79. The molecule has 0 amide bonds. The van der Waals surface area contributed by atoms with Crippen molar-refractivity contribution in [2.24, 2.45) is 5.73 Å². The van der Waals surface area contributed by atoms with Crippen LogP contribution in [0.5, 0.6) is 0 Å². The first kappa shape index (κ1) is 14.8. The van der Waals surface area contributed by atoms with Crippen molar-refractivity contribution < 1.29 is 0 Å². The highest BCUT2D eigenvalue weighted by Crippen LogP contribution is 2.36. The van der Waals surface area contributed by atoms with Crippen LogP contribution in [-0.2, 0) is 5.41 Å². The van der Waals surface area contributed by atoms with Crippen molar-refractivity contribution in [2.75, 3.05) is 6.54 Å². The first-order chi connectivity index (χ1) is 8.09. The van der Waals surface area contributed by atoms with E-state index in [4.69, 9.17) is 28.9 Å². The van der Waals surface area contributed by atoms with Crippen LogP contribution in [0.25, 0.3) is 0 Å². The molecule has 1 aromatic carbocycles. The van der Waals surface area contributed by atoms with Gasteiger partial charge in [-0.05, 0) is 30.5 Å². The molecule has 0 saturated heterocycles. The summed E-state index contributed by atoms with van der Waals surface area (Å²) in [5.41, 5.74) is 7.30. The first-order valence-electron chi connectivity index (χ1n) is 6.25. The van der Waals surface area contributed by atoms with E-state index < -0.39 is 0 Å². The number of rotatable bonds is 6. The highest BCUT2D eigenvalue weighted by molar-refractivity contribution is 6.42.